The lowest BCUT2D eigenvalue weighted by atomic mass is 9.65. The van der Waals surface area contributed by atoms with Crippen molar-refractivity contribution < 1.29 is 4.39 Å². The Kier molecular flexibility index (Phi) is 3.53. The average Bonchev–Trinajstić information content (AvgIpc) is 2.34. The number of fused-ring (bicyclic) bond motifs is 1. The van der Waals surface area contributed by atoms with E-state index in [-0.39, 0.29) is 5.92 Å². The van der Waals surface area contributed by atoms with Gasteiger partial charge in [-0.2, -0.15) is 0 Å². The summed E-state index contributed by atoms with van der Waals surface area (Å²) in [6, 6.07) is 6.27. The second-order valence-electron chi connectivity index (χ2n) is 6.23. The maximum absolute atomic E-state index is 15.5. The highest BCUT2D eigenvalue weighted by Gasteiger charge is 2.45. The van der Waals surface area contributed by atoms with E-state index in [1.165, 1.54) is 11.1 Å². The van der Waals surface area contributed by atoms with Crippen LogP contribution in [-0.4, -0.2) is 0 Å². The van der Waals surface area contributed by atoms with E-state index in [9.17, 15) is 0 Å². The van der Waals surface area contributed by atoms with E-state index in [0.29, 0.717) is 18.3 Å². The highest BCUT2D eigenvalue weighted by atomic mass is 19.1. The lowest BCUT2D eigenvalue weighted by Crippen LogP contribution is -2.37. The number of alkyl halides is 1. The molecule has 100 valence electrons. The van der Waals surface area contributed by atoms with Crippen molar-refractivity contribution >= 4 is 0 Å². The van der Waals surface area contributed by atoms with Gasteiger partial charge in [-0.1, -0.05) is 57.9 Å². The van der Waals surface area contributed by atoms with Crippen LogP contribution in [0.4, 0.5) is 4.39 Å². The molecule has 1 aliphatic rings. The average molecular weight is 248 g/mol. The van der Waals surface area contributed by atoms with Crippen LogP contribution < -0.4 is 0 Å². The minimum absolute atomic E-state index is 0.0916. The fourth-order valence-electron chi connectivity index (χ4n) is 3.29. The first-order chi connectivity index (χ1) is 8.40. The zero-order chi connectivity index (χ0) is 13.5. The van der Waals surface area contributed by atoms with Crippen molar-refractivity contribution in [3.05, 3.63) is 34.9 Å². The van der Waals surface area contributed by atoms with E-state index < -0.39 is 5.67 Å². The molecule has 1 aromatic carbocycles. The van der Waals surface area contributed by atoms with Crippen molar-refractivity contribution in [2.24, 2.45) is 11.8 Å². The number of halogens is 1. The lowest BCUT2D eigenvalue weighted by molar-refractivity contribution is 0.0404. The third-order valence-corrected chi connectivity index (χ3v) is 5.01. The molecule has 1 aromatic rings. The monoisotopic (exact) mass is 248 g/mol. The van der Waals surface area contributed by atoms with Crippen LogP contribution in [0.15, 0.2) is 18.2 Å². The Morgan fingerprint density at radius 1 is 1.39 bits per heavy atom. The second-order valence-corrected chi connectivity index (χ2v) is 6.23. The summed E-state index contributed by atoms with van der Waals surface area (Å²) in [6.07, 6.45) is 1.56. The third kappa shape index (κ3) is 1.98. The van der Waals surface area contributed by atoms with Gasteiger partial charge in [-0.3, -0.25) is 0 Å². The molecular formula is C17H25F. The van der Waals surface area contributed by atoms with Gasteiger partial charge >= 0.3 is 0 Å². The van der Waals surface area contributed by atoms with Crippen LogP contribution in [0, 0.1) is 18.8 Å². The summed E-state index contributed by atoms with van der Waals surface area (Å²) >= 11 is 0. The quantitative estimate of drug-likeness (QED) is 0.662. The van der Waals surface area contributed by atoms with Crippen LogP contribution in [0.5, 0.6) is 0 Å². The molecule has 0 saturated carbocycles. The molecule has 0 N–H and O–H groups in total. The van der Waals surface area contributed by atoms with Crippen molar-refractivity contribution in [3.63, 3.8) is 0 Å². The maximum atomic E-state index is 15.5. The molecule has 0 spiro atoms. The molecule has 4 atom stereocenters. The van der Waals surface area contributed by atoms with E-state index in [2.05, 4.69) is 39.8 Å². The number of hydrogen-bond donors (Lipinski definition) is 0. The summed E-state index contributed by atoms with van der Waals surface area (Å²) in [6.45, 7) is 10.6. The molecule has 0 bridgehead atoms. The number of benzene rings is 1. The van der Waals surface area contributed by atoms with Gasteiger partial charge in [-0.25, -0.2) is 4.39 Å². The van der Waals surface area contributed by atoms with Crippen LogP contribution in [0.1, 0.15) is 63.1 Å². The van der Waals surface area contributed by atoms with Crippen molar-refractivity contribution in [1.82, 2.24) is 0 Å². The van der Waals surface area contributed by atoms with Gasteiger partial charge in [0.25, 0.3) is 0 Å². The second kappa shape index (κ2) is 4.68. The van der Waals surface area contributed by atoms with Crippen LogP contribution >= 0.6 is 0 Å². The van der Waals surface area contributed by atoms with Crippen molar-refractivity contribution in [3.8, 4) is 0 Å². The van der Waals surface area contributed by atoms with Gasteiger partial charge in [0.2, 0.25) is 0 Å². The molecule has 0 amide bonds. The first-order valence-corrected chi connectivity index (χ1v) is 7.20. The predicted octanol–water partition coefficient (Wildman–Crippen LogP) is 5.35. The molecule has 0 radical (unpaired) electrons. The molecule has 0 aromatic heterocycles. The van der Waals surface area contributed by atoms with Gasteiger partial charge in [0.1, 0.15) is 5.67 Å². The normalized spacial score (nSPS) is 33.0. The molecular weight excluding hydrogens is 223 g/mol. The smallest absolute Gasteiger partial charge is 0.139 e. The maximum Gasteiger partial charge on any atom is 0.139 e. The number of aryl methyl sites for hydroxylation is 1. The summed E-state index contributed by atoms with van der Waals surface area (Å²) < 4.78 is 15.5. The summed E-state index contributed by atoms with van der Waals surface area (Å²) in [5, 5.41) is 0. The van der Waals surface area contributed by atoms with Gasteiger partial charge in [-0.15, -0.1) is 0 Å². The van der Waals surface area contributed by atoms with E-state index in [1.807, 2.05) is 13.0 Å². The molecule has 0 fully saturated rings. The molecule has 0 saturated heterocycles. The Morgan fingerprint density at radius 2 is 2.06 bits per heavy atom. The highest BCUT2D eigenvalue weighted by Crippen LogP contribution is 2.51. The van der Waals surface area contributed by atoms with Gasteiger partial charge < -0.3 is 0 Å². The van der Waals surface area contributed by atoms with Gasteiger partial charge in [-0.05, 0) is 42.2 Å². The van der Waals surface area contributed by atoms with E-state index in [1.54, 1.807) is 0 Å². The number of hydrogen-bond acceptors (Lipinski definition) is 0. The molecule has 0 heterocycles. The Labute approximate surface area is 111 Å². The minimum atomic E-state index is -1.14. The molecule has 4 unspecified atom stereocenters. The van der Waals surface area contributed by atoms with E-state index in [0.717, 1.165) is 12.0 Å². The Morgan fingerprint density at radius 3 is 2.67 bits per heavy atom. The third-order valence-electron chi connectivity index (χ3n) is 5.01. The van der Waals surface area contributed by atoms with Crippen LogP contribution in [0.3, 0.4) is 0 Å². The van der Waals surface area contributed by atoms with Crippen LogP contribution in [0.25, 0.3) is 0 Å². The zero-order valence-electron chi connectivity index (χ0n) is 12.3. The standard InChI is InChI=1S/C17H25F/c1-6-13(4)17(18)10-12(3)14(5)15-9-11(2)7-8-16(15)17/h7-9,12-14H,6,10H2,1-5H3. The van der Waals surface area contributed by atoms with Gasteiger partial charge in [0.15, 0.2) is 0 Å². The zero-order valence-corrected chi connectivity index (χ0v) is 12.3. The SMILES string of the molecule is CCC(C)C1(F)CC(C)C(C)c2cc(C)ccc21. The fraction of sp³-hybridized carbons (Fsp3) is 0.647. The Balaban J connectivity index is 2.58. The van der Waals surface area contributed by atoms with Gasteiger partial charge in [0, 0.05) is 0 Å². The van der Waals surface area contributed by atoms with E-state index >= 15 is 4.39 Å². The molecule has 1 heteroatoms. The molecule has 2 rings (SSSR count). The van der Waals surface area contributed by atoms with Crippen LogP contribution in [-0.2, 0) is 5.67 Å². The predicted molar refractivity (Wildman–Crippen MR) is 75.6 cm³/mol. The largest absolute Gasteiger partial charge is 0.238 e. The van der Waals surface area contributed by atoms with Crippen molar-refractivity contribution in [2.45, 2.75) is 59.0 Å². The summed E-state index contributed by atoms with van der Waals surface area (Å²) in [5.41, 5.74) is 2.29. The van der Waals surface area contributed by atoms with Crippen molar-refractivity contribution in [1.29, 1.82) is 0 Å². The molecule has 0 aliphatic heterocycles. The van der Waals surface area contributed by atoms with Crippen LogP contribution in [0.2, 0.25) is 0 Å². The number of rotatable bonds is 2. The highest BCUT2D eigenvalue weighted by molar-refractivity contribution is 5.41. The summed E-state index contributed by atoms with van der Waals surface area (Å²) in [5.74, 6) is 0.972. The van der Waals surface area contributed by atoms with Crippen molar-refractivity contribution in [2.75, 3.05) is 0 Å². The first-order valence-electron chi connectivity index (χ1n) is 7.20. The summed E-state index contributed by atoms with van der Waals surface area (Å²) in [7, 11) is 0. The van der Waals surface area contributed by atoms with E-state index in [4.69, 9.17) is 0 Å². The molecule has 18 heavy (non-hydrogen) atoms. The van der Waals surface area contributed by atoms with Gasteiger partial charge in [0.05, 0.1) is 0 Å². The summed E-state index contributed by atoms with van der Waals surface area (Å²) in [4.78, 5) is 0. The molecule has 1 aliphatic carbocycles. The Bertz CT molecular complexity index is 437. The first kappa shape index (κ1) is 13.6. The fourth-order valence-corrected chi connectivity index (χ4v) is 3.29. The Hall–Kier alpha value is -0.850. The molecule has 0 nitrogen and oxygen atoms in total. The minimum Gasteiger partial charge on any atom is -0.238 e. The topological polar surface area (TPSA) is 0 Å². The lowest BCUT2D eigenvalue weighted by Gasteiger charge is -2.42.